The third-order valence-electron chi connectivity index (χ3n) is 6.17. The minimum Gasteiger partial charge on any atom is -0.376 e. The van der Waals surface area contributed by atoms with E-state index in [9.17, 15) is 9.59 Å². The highest BCUT2D eigenvalue weighted by Gasteiger charge is 2.23. The predicted octanol–water partition coefficient (Wildman–Crippen LogP) is 4.35. The van der Waals surface area contributed by atoms with Crippen LogP contribution in [0.3, 0.4) is 0 Å². The van der Waals surface area contributed by atoms with Crippen LogP contribution in [0, 0.1) is 5.92 Å². The highest BCUT2D eigenvalue weighted by molar-refractivity contribution is 6.02. The van der Waals surface area contributed by atoms with Crippen molar-refractivity contribution < 1.29 is 14.3 Å². The molecule has 0 bridgehead atoms. The fraction of sp³-hybridized carbons (Fsp3) is 0.667. The second-order valence-corrected chi connectivity index (χ2v) is 8.75. The van der Waals surface area contributed by atoms with Gasteiger partial charge in [0.05, 0.1) is 11.7 Å². The van der Waals surface area contributed by atoms with Crippen molar-refractivity contribution in [3.05, 3.63) is 23.8 Å². The normalized spacial score (nSPS) is 19.7. The number of piperidine rings is 1. The Bertz CT molecular complexity index is 708. The highest BCUT2D eigenvalue weighted by atomic mass is 16.5. The first-order valence-electron chi connectivity index (χ1n) is 11.7. The molecule has 1 aromatic carbocycles. The highest BCUT2D eigenvalue weighted by Crippen LogP contribution is 2.29. The molecule has 1 unspecified atom stereocenters. The van der Waals surface area contributed by atoms with Gasteiger partial charge in [-0.25, -0.2) is 0 Å². The van der Waals surface area contributed by atoms with Crippen LogP contribution in [0.4, 0.5) is 11.4 Å². The Morgan fingerprint density at radius 3 is 2.67 bits per heavy atom. The molecule has 0 saturated carbocycles. The topological polar surface area (TPSA) is 70.7 Å². The molecule has 2 heterocycles. The van der Waals surface area contributed by atoms with Crippen molar-refractivity contribution in [3.8, 4) is 0 Å². The van der Waals surface area contributed by atoms with Crippen molar-refractivity contribution in [1.82, 2.24) is 5.32 Å². The SMILES string of the molecule is CCCCCC(=O)Nc1ccc(N2CCC(C)CC2)c(C(=O)NCC2CCCO2)c1. The smallest absolute Gasteiger partial charge is 0.253 e. The number of unbranched alkanes of at least 4 members (excludes halogenated alkanes) is 2. The van der Waals surface area contributed by atoms with Crippen LogP contribution in [0.2, 0.25) is 0 Å². The summed E-state index contributed by atoms with van der Waals surface area (Å²) in [4.78, 5) is 27.6. The summed E-state index contributed by atoms with van der Waals surface area (Å²) in [7, 11) is 0. The Balaban J connectivity index is 1.72. The Morgan fingerprint density at radius 2 is 1.97 bits per heavy atom. The zero-order chi connectivity index (χ0) is 21.3. The lowest BCUT2D eigenvalue weighted by Crippen LogP contribution is -2.36. The average Bonchev–Trinajstić information content (AvgIpc) is 3.26. The van der Waals surface area contributed by atoms with E-state index < -0.39 is 0 Å². The third-order valence-corrected chi connectivity index (χ3v) is 6.17. The van der Waals surface area contributed by atoms with Gasteiger partial charge in [0.2, 0.25) is 5.91 Å². The van der Waals surface area contributed by atoms with Crippen LogP contribution in [0.1, 0.15) is 75.6 Å². The van der Waals surface area contributed by atoms with Crippen molar-refractivity contribution in [2.75, 3.05) is 36.5 Å². The fourth-order valence-electron chi connectivity index (χ4n) is 4.19. The van der Waals surface area contributed by atoms with Crippen molar-refractivity contribution in [2.45, 2.75) is 71.3 Å². The molecular weight excluding hydrogens is 378 g/mol. The van der Waals surface area contributed by atoms with Gasteiger partial charge in [0.25, 0.3) is 5.91 Å². The second kappa shape index (κ2) is 11.3. The summed E-state index contributed by atoms with van der Waals surface area (Å²) < 4.78 is 5.64. The van der Waals surface area contributed by atoms with Gasteiger partial charge in [-0.2, -0.15) is 0 Å². The van der Waals surface area contributed by atoms with Crippen molar-refractivity contribution in [3.63, 3.8) is 0 Å². The molecule has 1 aromatic rings. The van der Waals surface area contributed by atoms with Gasteiger partial charge >= 0.3 is 0 Å². The molecule has 0 aromatic heterocycles. The summed E-state index contributed by atoms with van der Waals surface area (Å²) in [6.45, 7) is 7.62. The van der Waals surface area contributed by atoms with Gasteiger partial charge in [-0.15, -0.1) is 0 Å². The number of ether oxygens (including phenoxy) is 1. The second-order valence-electron chi connectivity index (χ2n) is 8.75. The lowest BCUT2D eigenvalue weighted by atomic mass is 9.97. The van der Waals surface area contributed by atoms with E-state index in [0.717, 1.165) is 76.2 Å². The van der Waals surface area contributed by atoms with Gasteiger partial charge in [0.15, 0.2) is 0 Å². The molecule has 2 fully saturated rings. The number of nitrogens with one attached hydrogen (secondary N) is 2. The molecule has 30 heavy (non-hydrogen) atoms. The summed E-state index contributed by atoms with van der Waals surface area (Å²) in [5.74, 6) is 0.634. The van der Waals surface area contributed by atoms with Crippen LogP contribution in [0.5, 0.6) is 0 Å². The number of benzene rings is 1. The Morgan fingerprint density at radius 1 is 1.17 bits per heavy atom. The molecule has 2 saturated heterocycles. The number of nitrogens with zero attached hydrogens (tertiary/aromatic N) is 1. The van der Waals surface area contributed by atoms with E-state index in [1.54, 1.807) is 0 Å². The van der Waals surface area contributed by atoms with Crippen molar-refractivity contribution in [1.29, 1.82) is 0 Å². The van der Waals surface area contributed by atoms with Crippen LogP contribution in [-0.4, -0.2) is 44.2 Å². The van der Waals surface area contributed by atoms with Gasteiger partial charge < -0.3 is 20.3 Å². The first kappa shape index (κ1) is 22.6. The molecular formula is C24H37N3O3. The van der Waals surface area contributed by atoms with E-state index >= 15 is 0 Å². The van der Waals surface area contributed by atoms with E-state index in [1.807, 2.05) is 18.2 Å². The molecule has 6 heteroatoms. The zero-order valence-electron chi connectivity index (χ0n) is 18.5. The van der Waals surface area contributed by atoms with Gasteiger partial charge in [0.1, 0.15) is 0 Å². The van der Waals surface area contributed by atoms with Crippen LogP contribution in [0.15, 0.2) is 18.2 Å². The maximum Gasteiger partial charge on any atom is 0.253 e. The average molecular weight is 416 g/mol. The van der Waals surface area contributed by atoms with Gasteiger partial charge in [-0.1, -0.05) is 26.7 Å². The third kappa shape index (κ3) is 6.46. The molecule has 1 atom stereocenters. The van der Waals surface area contributed by atoms with Crippen molar-refractivity contribution >= 4 is 23.2 Å². The van der Waals surface area contributed by atoms with Gasteiger partial charge in [-0.3, -0.25) is 9.59 Å². The maximum atomic E-state index is 13.1. The summed E-state index contributed by atoms with van der Waals surface area (Å²) in [6, 6.07) is 5.73. The number of amides is 2. The maximum absolute atomic E-state index is 13.1. The number of anilines is 2. The number of hydrogen-bond acceptors (Lipinski definition) is 4. The molecule has 2 aliphatic heterocycles. The van der Waals surface area contributed by atoms with Crippen LogP contribution in [-0.2, 0) is 9.53 Å². The Kier molecular flexibility index (Phi) is 8.55. The lowest BCUT2D eigenvalue weighted by Gasteiger charge is -2.33. The van der Waals surface area contributed by atoms with Crippen molar-refractivity contribution in [2.24, 2.45) is 5.92 Å². The van der Waals surface area contributed by atoms with E-state index in [1.165, 1.54) is 0 Å². The molecule has 2 N–H and O–H groups in total. The largest absolute Gasteiger partial charge is 0.376 e. The number of rotatable bonds is 9. The summed E-state index contributed by atoms with van der Waals surface area (Å²) >= 11 is 0. The quantitative estimate of drug-likeness (QED) is 0.588. The molecule has 6 nitrogen and oxygen atoms in total. The van der Waals surface area contributed by atoms with Crippen LogP contribution in [0.25, 0.3) is 0 Å². The summed E-state index contributed by atoms with van der Waals surface area (Å²) in [5, 5.41) is 6.02. The molecule has 0 aliphatic carbocycles. The minimum atomic E-state index is -0.0961. The first-order chi connectivity index (χ1) is 14.6. The van der Waals surface area contributed by atoms with E-state index in [2.05, 4.69) is 29.4 Å². The standard InChI is InChI=1S/C24H37N3O3/c1-3-4-5-8-23(28)26-19-9-10-22(27-13-11-18(2)12-14-27)21(16-19)24(29)25-17-20-7-6-15-30-20/h9-10,16,18,20H,3-8,11-15,17H2,1-2H3,(H,25,29)(H,26,28). The van der Waals surface area contributed by atoms with E-state index in [0.29, 0.717) is 24.2 Å². The van der Waals surface area contributed by atoms with Crippen LogP contribution < -0.4 is 15.5 Å². The molecule has 166 valence electrons. The number of carbonyl (C=O) groups excluding carboxylic acids is 2. The monoisotopic (exact) mass is 415 g/mol. The van der Waals surface area contributed by atoms with E-state index in [4.69, 9.17) is 4.74 Å². The van der Waals surface area contributed by atoms with Crippen LogP contribution >= 0.6 is 0 Å². The molecule has 2 amide bonds. The summed E-state index contributed by atoms with van der Waals surface area (Å²) in [6.07, 6.45) is 7.96. The Labute approximate surface area is 180 Å². The molecule has 3 rings (SSSR count). The lowest BCUT2D eigenvalue weighted by molar-refractivity contribution is -0.116. The minimum absolute atomic E-state index is 0.00807. The fourth-order valence-corrected chi connectivity index (χ4v) is 4.19. The first-order valence-corrected chi connectivity index (χ1v) is 11.7. The van der Waals surface area contributed by atoms with E-state index in [-0.39, 0.29) is 17.9 Å². The predicted molar refractivity (Wildman–Crippen MR) is 121 cm³/mol. The molecule has 0 spiro atoms. The molecule has 2 aliphatic rings. The molecule has 0 radical (unpaired) electrons. The number of carbonyl (C=O) groups is 2. The Hall–Kier alpha value is -2.08. The van der Waals surface area contributed by atoms with Gasteiger partial charge in [-0.05, 0) is 56.2 Å². The zero-order valence-corrected chi connectivity index (χ0v) is 18.5. The number of hydrogen-bond donors (Lipinski definition) is 2. The van der Waals surface area contributed by atoms with Gasteiger partial charge in [0, 0.05) is 44.0 Å². The summed E-state index contributed by atoms with van der Waals surface area (Å²) in [5.41, 5.74) is 2.28.